The number of nitrogens with one attached hydrogen (secondary N) is 1. The third-order valence-corrected chi connectivity index (χ3v) is 7.12. The van der Waals surface area contributed by atoms with Gasteiger partial charge in [0.15, 0.2) is 11.0 Å². The molecule has 2 aromatic heterocycles. The molecule has 0 saturated carbocycles. The first-order chi connectivity index (χ1) is 15.1. The van der Waals surface area contributed by atoms with Gasteiger partial charge in [-0.05, 0) is 48.6 Å². The maximum atomic E-state index is 12.4. The summed E-state index contributed by atoms with van der Waals surface area (Å²) in [7, 11) is 0. The molecule has 3 aromatic rings. The number of hydrogen-bond acceptors (Lipinski definition) is 7. The van der Waals surface area contributed by atoms with Gasteiger partial charge in [-0.15, -0.1) is 21.5 Å². The molecule has 3 heterocycles. The van der Waals surface area contributed by atoms with Gasteiger partial charge in [0, 0.05) is 17.2 Å². The number of carbonyl (C=O) groups excluding carboxylic acids is 1. The molecule has 1 atom stereocenters. The first-order valence-corrected chi connectivity index (χ1v) is 12.4. The van der Waals surface area contributed by atoms with Crippen molar-refractivity contribution in [1.82, 2.24) is 14.8 Å². The number of nitrogens with zero attached hydrogens (tertiary/aromatic N) is 3. The van der Waals surface area contributed by atoms with E-state index in [1.807, 2.05) is 22.1 Å². The van der Waals surface area contributed by atoms with Gasteiger partial charge in [0.05, 0.1) is 23.3 Å². The van der Waals surface area contributed by atoms with Crippen molar-refractivity contribution in [2.45, 2.75) is 41.3 Å². The van der Waals surface area contributed by atoms with Gasteiger partial charge in [0.25, 0.3) is 5.76 Å². The number of hydrogen-bond donors (Lipinski definition) is 1. The Kier molecular flexibility index (Phi) is 7.59. The van der Waals surface area contributed by atoms with Crippen LogP contribution in [-0.2, 0) is 16.1 Å². The van der Waals surface area contributed by atoms with Gasteiger partial charge in [-0.3, -0.25) is 9.36 Å². The molecule has 0 radical (unpaired) electrons. The van der Waals surface area contributed by atoms with E-state index in [0.717, 1.165) is 30.2 Å². The van der Waals surface area contributed by atoms with E-state index in [-0.39, 0.29) is 17.8 Å². The van der Waals surface area contributed by atoms with Crippen LogP contribution in [0.5, 0.6) is 0 Å². The fraction of sp³-hybridized carbons (Fsp3) is 0.350. The molecule has 0 bridgehead atoms. The molecule has 1 amide bonds. The van der Waals surface area contributed by atoms with Crippen molar-refractivity contribution < 1.29 is 18.3 Å². The molecule has 1 aromatic carbocycles. The van der Waals surface area contributed by atoms with Crippen molar-refractivity contribution >= 4 is 46.5 Å². The number of benzene rings is 1. The number of thiophene rings is 1. The monoisotopic (exact) mass is 482 g/mol. The zero-order chi connectivity index (χ0) is 21.6. The summed E-state index contributed by atoms with van der Waals surface area (Å²) in [6, 6.07) is 10.3. The van der Waals surface area contributed by atoms with Crippen LogP contribution < -0.4 is 5.32 Å². The Morgan fingerprint density at radius 3 is 2.81 bits per heavy atom. The fourth-order valence-corrected chi connectivity index (χ4v) is 5.15. The Balaban J connectivity index is 1.39. The van der Waals surface area contributed by atoms with E-state index in [2.05, 4.69) is 15.5 Å². The van der Waals surface area contributed by atoms with Gasteiger partial charge in [0.2, 0.25) is 5.91 Å². The fourth-order valence-electron chi connectivity index (χ4n) is 3.19. The minimum atomic E-state index is -2.47. The van der Waals surface area contributed by atoms with Gasteiger partial charge in [-0.1, -0.05) is 29.6 Å². The molecule has 31 heavy (non-hydrogen) atoms. The summed E-state index contributed by atoms with van der Waals surface area (Å²) in [4.78, 5) is 13.9. The number of ether oxygens (including phenoxy) is 1. The second-order valence-corrected chi connectivity index (χ2v) is 9.72. The Labute approximate surface area is 190 Å². The van der Waals surface area contributed by atoms with Gasteiger partial charge in [0.1, 0.15) is 0 Å². The first-order valence-electron chi connectivity index (χ1n) is 9.64. The Morgan fingerprint density at radius 2 is 2.13 bits per heavy atom. The van der Waals surface area contributed by atoms with Gasteiger partial charge < -0.3 is 10.1 Å². The Morgan fingerprint density at radius 1 is 1.29 bits per heavy atom. The highest BCUT2D eigenvalue weighted by Crippen LogP contribution is 2.29. The van der Waals surface area contributed by atoms with Crippen LogP contribution in [0.15, 0.2) is 51.8 Å². The highest BCUT2D eigenvalue weighted by atomic mass is 32.2. The van der Waals surface area contributed by atoms with Crippen molar-refractivity contribution in [2.75, 3.05) is 17.7 Å². The van der Waals surface area contributed by atoms with E-state index in [1.54, 1.807) is 35.6 Å². The molecule has 1 unspecified atom stereocenters. The average molecular weight is 483 g/mol. The van der Waals surface area contributed by atoms with Crippen LogP contribution in [0.2, 0.25) is 0 Å². The molecular formula is C20H20F2N4O2S3. The number of rotatable bonds is 9. The van der Waals surface area contributed by atoms with Crippen molar-refractivity contribution in [1.29, 1.82) is 0 Å². The molecule has 1 aliphatic rings. The Hall–Kier alpha value is -1.95. The predicted octanol–water partition coefficient (Wildman–Crippen LogP) is 5.23. The van der Waals surface area contributed by atoms with Crippen molar-refractivity contribution in [3.8, 4) is 10.7 Å². The SMILES string of the molecule is O=C(CSc1nnc(-c2cccs2)n1CC1CCCO1)Nc1ccc(SC(F)F)cc1. The van der Waals surface area contributed by atoms with Crippen molar-refractivity contribution in [3.63, 3.8) is 0 Å². The zero-order valence-corrected chi connectivity index (χ0v) is 18.8. The van der Waals surface area contributed by atoms with E-state index in [0.29, 0.717) is 34.0 Å². The number of carbonyl (C=O) groups is 1. The van der Waals surface area contributed by atoms with Gasteiger partial charge in [-0.25, -0.2) is 0 Å². The van der Waals surface area contributed by atoms with Gasteiger partial charge in [-0.2, -0.15) is 8.78 Å². The summed E-state index contributed by atoms with van der Waals surface area (Å²) in [5, 5.41) is 14.1. The number of halogens is 2. The molecule has 4 rings (SSSR count). The summed E-state index contributed by atoms with van der Waals surface area (Å²) in [5.74, 6) is -1.74. The zero-order valence-electron chi connectivity index (χ0n) is 16.4. The lowest BCUT2D eigenvalue weighted by Gasteiger charge is -2.14. The maximum absolute atomic E-state index is 12.4. The van der Waals surface area contributed by atoms with Crippen LogP contribution in [0.3, 0.4) is 0 Å². The topological polar surface area (TPSA) is 69.0 Å². The quantitative estimate of drug-likeness (QED) is 0.421. The summed E-state index contributed by atoms with van der Waals surface area (Å²) < 4.78 is 32.6. The Bertz CT molecular complexity index is 991. The summed E-state index contributed by atoms with van der Waals surface area (Å²) in [6.45, 7) is 1.41. The van der Waals surface area contributed by atoms with Crippen molar-refractivity contribution in [2.24, 2.45) is 0 Å². The lowest BCUT2D eigenvalue weighted by Crippen LogP contribution is -2.18. The number of aromatic nitrogens is 3. The number of amides is 1. The molecular weight excluding hydrogens is 462 g/mol. The van der Waals surface area contributed by atoms with E-state index in [1.165, 1.54) is 11.8 Å². The van der Waals surface area contributed by atoms with Crippen LogP contribution >= 0.6 is 34.9 Å². The third kappa shape index (κ3) is 6.06. The largest absolute Gasteiger partial charge is 0.376 e. The number of alkyl halides is 2. The smallest absolute Gasteiger partial charge is 0.288 e. The average Bonchev–Trinajstić information content (AvgIpc) is 3.50. The number of thioether (sulfide) groups is 2. The second-order valence-electron chi connectivity index (χ2n) is 6.77. The van der Waals surface area contributed by atoms with Crippen LogP contribution in [0.25, 0.3) is 10.7 Å². The minimum Gasteiger partial charge on any atom is -0.376 e. The van der Waals surface area contributed by atoms with Crippen molar-refractivity contribution in [3.05, 3.63) is 41.8 Å². The normalized spacial score (nSPS) is 16.2. The van der Waals surface area contributed by atoms with E-state index >= 15 is 0 Å². The molecule has 1 N–H and O–H groups in total. The lowest BCUT2D eigenvalue weighted by molar-refractivity contribution is -0.113. The second kappa shape index (κ2) is 10.6. The van der Waals surface area contributed by atoms with Gasteiger partial charge >= 0.3 is 0 Å². The maximum Gasteiger partial charge on any atom is 0.288 e. The lowest BCUT2D eigenvalue weighted by atomic mass is 10.2. The van der Waals surface area contributed by atoms with Crippen LogP contribution in [0, 0.1) is 0 Å². The molecule has 164 valence electrons. The highest BCUT2D eigenvalue weighted by Gasteiger charge is 2.22. The molecule has 1 fully saturated rings. The highest BCUT2D eigenvalue weighted by molar-refractivity contribution is 8.00. The van der Waals surface area contributed by atoms with Crippen LogP contribution in [0.4, 0.5) is 14.5 Å². The van der Waals surface area contributed by atoms with E-state index in [9.17, 15) is 13.6 Å². The summed E-state index contributed by atoms with van der Waals surface area (Å²) >= 11 is 3.37. The van der Waals surface area contributed by atoms with E-state index < -0.39 is 5.76 Å². The molecule has 6 nitrogen and oxygen atoms in total. The van der Waals surface area contributed by atoms with Crippen LogP contribution in [0.1, 0.15) is 12.8 Å². The molecule has 0 aliphatic carbocycles. The standard InChI is InChI=1S/C20H20F2N4O2S3/c21-19(22)31-15-7-5-13(6-8-15)23-17(27)12-30-20-25-24-18(16-4-2-10-29-16)26(20)11-14-3-1-9-28-14/h2,4-8,10,14,19H,1,3,9,11-12H2,(H,23,27). The molecule has 1 saturated heterocycles. The number of anilines is 1. The molecule has 1 aliphatic heterocycles. The first kappa shape index (κ1) is 22.3. The predicted molar refractivity (Wildman–Crippen MR) is 120 cm³/mol. The molecule has 0 spiro atoms. The summed E-state index contributed by atoms with van der Waals surface area (Å²) in [5.41, 5.74) is 0.560. The summed E-state index contributed by atoms with van der Waals surface area (Å²) in [6.07, 6.45) is 2.15. The third-order valence-electron chi connectivity index (χ3n) is 4.56. The molecule has 11 heteroatoms. The van der Waals surface area contributed by atoms with Crippen LogP contribution in [-0.4, -0.2) is 44.9 Å². The van der Waals surface area contributed by atoms with E-state index in [4.69, 9.17) is 4.74 Å². The minimum absolute atomic E-state index is 0.118.